The summed E-state index contributed by atoms with van der Waals surface area (Å²) in [4.78, 5) is 13.8. The first-order valence-electron chi connectivity index (χ1n) is 5.79. The molecule has 2 saturated carbocycles. The predicted octanol–water partition coefficient (Wildman–Crippen LogP) is 3.48. The highest BCUT2D eigenvalue weighted by Crippen LogP contribution is 2.62. The fraction of sp³-hybridized carbons (Fsp3) is 0.909. The molecule has 4 atom stereocenters. The molecule has 3 rings (SSSR count). The van der Waals surface area contributed by atoms with Crippen LogP contribution < -0.4 is 5.32 Å². The van der Waals surface area contributed by atoms with Crippen LogP contribution in [0.2, 0.25) is 0 Å². The number of carbonyl (C=O) groups excluding carboxylic acids is 1. The molecule has 17 heavy (non-hydrogen) atoms. The fourth-order valence-corrected chi connectivity index (χ4v) is 6.65. The van der Waals surface area contributed by atoms with Crippen molar-refractivity contribution < 1.29 is 4.79 Å². The zero-order valence-corrected chi connectivity index (χ0v) is 15.4. The van der Waals surface area contributed by atoms with Crippen molar-refractivity contribution in [2.45, 2.75) is 50.5 Å². The van der Waals surface area contributed by atoms with Gasteiger partial charge in [0.15, 0.2) is 0 Å². The number of nitrogens with one attached hydrogen (secondary N) is 1. The normalized spacial score (nSPS) is 57.5. The van der Waals surface area contributed by atoms with E-state index in [-0.39, 0.29) is 16.9 Å². The zero-order valence-electron chi connectivity index (χ0n) is 9.06. The summed E-state index contributed by atoms with van der Waals surface area (Å²) in [6, 6.07) is 0. The van der Waals surface area contributed by atoms with Gasteiger partial charge in [0.25, 0.3) is 0 Å². The Bertz CT molecular complexity index is 354. The second-order valence-electron chi connectivity index (χ2n) is 5.50. The topological polar surface area (TPSA) is 29.1 Å². The molecule has 0 aromatic heterocycles. The summed E-state index contributed by atoms with van der Waals surface area (Å²) >= 11 is 14.9. The molecule has 0 aromatic carbocycles. The molecule has 96 valence electrons. The third-order valence-corrected chi connectivity index (χ3v) is 9.93. The molecule has 1 saturated heterocycles. The lowest BCUT2D eigenvalue weighted by Crippen LogP contribution is -2.82. The molecule has 0 bridgehead atoms. The number of alkyl halides is 4. The van der Waals surface area contributed by atoms with Crippen molar-refractivity contribution >= 4 is 69.6 Å². The van der Waals surface area contributed by atoms with Gasteiger partial charge >= 0.3 is 0 Å². The van der Waals surface area contributed by atoms with Gasteiger partial charge in [0, 0.05) is 19.3 Å². The Morgan fingerprint density at radius 3 is 1.71 bits per heavy atom. The Kier molecular flexibility index (Phi) is 3.30. The van der Waals surface area contributed by atoms with E-state index in [1.165, 1.54) is 0 Å². The summed E-state index contributed by atoms with van der Waals surface area (Å²) in [5.41, 5.74) is -0.134. The molecule has 3 fully saturated rings. The number of hydrogen-bond donors (Lipinski definition) is 1. The zero-order chi connectivity index (χ0) is 12.4. The smallest absolute Gasteiger partial charge is 0.229 e. The van der Waals surface area contributed by atoms with Crippen molar-refractivity contribution in [1.29, 1.82) is 0 Å². The van der Waals surface area contributed by atoms with E-state index in [2.05, 4.69) is 69.0 Å². The van der Waals surface area contributed by atoms with Crippen LogP contribution in [0.25, 0.3) is 0 Å². The summed E-state index contributed by atoms with van der Waals surface area (Å²) in [6.45, 7) is 0. The molecule has 2 nitrogen and oxygen atoms in total. The first kappa shape index (κ1) is 13.4. The molecule has 1 amide bonds. The highest BCUT2D eigenvalue weighted by atomic mass is 79.9. The Labute approximate surface area is 135 Å². The van der Waals surface area contributed by atoms with Gasteiger partial charge in [-0.3, -0.25) is 4.79 Å². The SMILES string of the molecule is O=C1NC23CC(Br)C(Br)CC12CC(Br)C(Br)C3. The van der Waals surface area contributed by atoms with Crippen molar-refractivity contribution in [1.82, 2.24) is 5.32 Å². The van der Waals surface area contributed by atoms with Gasteiger partial charge < -0.3 is 5.32 Å². The van der Waals surface area contributed by atoms with Crippen molar-refractivity contribution in [3.05, 3.63) is 0 Å². The van der Waals surface area contributed by atoms with Crippen LogP contribution in [0.5, 0.6) is 0 Å². The molecule has 6 heteroatoms. The van der Waals surface area contributed by atoms with Crippen LogP contribution in [0.1, 0.15) is 25.7 Å². The number of carbonyl (C=O) groups is 1. The van der Waals surface area contributed by atoms with Gasteiger partial charge in [-0.15, -0.1) is 0 Å². The number of rotatable bonds is 0. The molecule has 0 aromatic rings. The largest absolute Gasteiger partial charge is 0.349 e. The van der Waals surface area contributed by atoms with Crippen LogP contribution in [0.15, 0.2) is 0 Å². The minimum absolute atomic E-state index is 0.0148. The van der Waals surface area contributed by atoms with Crippen LogP contribution >= 0.6 is 63.7 Å². The van der Waals surface area contributed by atoms with E-state index in [4.69, 9.17) is 0 Å². The molecule has 2 aliphatic carbocycles. The summed E-state index contributed by atoms with van der Waals surface area (Å²) in [5.74, 6) is 0.255. The predicted molar refractivity (Wildman–Crippen MR) is 82.6 cm³/mol. The van der Waals surface area contributed by atoms with Crippen molar-refractivity contribution in [2.75, 3.05) is 0 Å². The van der Waals surface area contributed by atoms with Gasteiger partial charge in [0.1, 0.15) is 0 Å². The molecule has 4 unspecified atom stereocenters. The van der Waals surface area contributed by atoms with Gasteiger partial charge in [-0.2, -0.15) is 0 Å². The third-order valence-electron chi connectivity index (χ3n) is 4.66. The maximum absolute atomic E-state index is 12.1. The number of halogens is 4. The second-order valence-corrected chi connectivity index (χ2v) is 10.2. The van der Waals surface area contributed by atoms with E-state index < -0.39 is 0 Å². The lowest BCUT2D eigenvalue weighted by Gasteiger charge is -2.67. The second kappa shape index (κ2) is 4.19. The summed E-state index contributed by atoms with van der Waals surface area (Å²) < 4.78 is 0. The van der Waals surface area contributed by atoms with E-state index in [0.717, 1.165) is 25.7 Å². The number of amides is 1. The molecule has 1 heterocycles. The van der Waals surface area contributed by atoms with Crippen molar-refractivity contribution in [3.8, 4) is 0 Å². The van der Waals surface area contributed by atoms with E-state index >= 15 is 0 Å². The maximum atomic E-state index is 12.1. The van der Waals surface area contributed by atoms with Crippen LogP contribution in [0.4, 0.5) is 0 Å². The molecule has 0 radical (unpaired) electrons. The molecule has 1 aliphatic heterocycles. The van der Waals surface area contributed by atoms with Crippen molar-refractivity contribution in [3.63, 3.8) is 0 Å². The van der Waals surface area contributed by atoms with Gasteiger partial charge in [0.2, 0.25) is 5.91 Å². The Balaban J connectivity index is 1.97. The van der Waals surface area contributed by atoms with Gasteiger partial charge in [-0.1, -0.05) is 63.7 Å². The molecule has 0 spiro atoms. The lowest BCUT2D eigenvalue weighted by atomic mass is 9.49. The Morgan fingerprint density at radius 1 is 0.882 bits per heavy atom. The lowest BCUT2D eigenvalue weighted by molar-refractivity contribution is -0.167. The molecular weight excluding hydrogens is 482 g/mol. The van der Waals surface area contributed by atoms with Gasteiger partial charge in [-0.25, -0.2) is 0 Å². The molecule has 1 N–H and O–H groups in total. The quantitative estimate of drug-likeness (QED) is 0.405. The van der Waals surface area contributed by atoms with E-state index in [1.807, 2.05) is 0 Å². The first-order valence-corrected chi connectivity index (χ1v) is 9.45. The maximum Gasteiger partial charge on any atom is 0.229 e. The van der Waals surface area contributed by atoms with Gasteiger partial charge in [0.05, 0.1) is 11.0 Å². The Hall–Kier alpha value is 1.39. The Morgan fingerprint density at radius 2 is 1.29 bits per heavy atom. The molecular formula is C11H13Br4NO. The fourth-order valence-electron chi connectivity index (χ4n) is 3.69. The van der Waals surface area contributed by atoms with Crippen LogP contribution in [-0.2, 0) is 4.79 Å². The average Bonchev–Trinajstić information content (AvgIpc) is 2.24. The monoisotopic (exact) mass is 491 g/mol. The van der Waals surface area contributed by atoms with E-state index in [1.54, 1.807) is 0 Å². The highest BCUT2D eigenvalue weighted by molar-refractivity contribution is 9.12. The highest BCUT2D eigenvalue weighted by Gasteiger charge is 2.71. The van der Waals surface area contributed by atoms with E-state index in [0.29, 0.717) is 19.3 Å². The summed E-state index contributed by atoms with van der Waals surface area (Å²) in [5, 5.41) is 3.21. The third kappa shape index (κ3) is 1.69. The van der Waals surface area contributed by atoms with Crippen LogP contribution in [0.3, 0.4) is 0 Å². The summed E-state index contributed by atoms with van der Waals surface area (Å²) in [7, 11) is 0. The van der Waals surface area contributed by atoms with E-state index in [9.17, 15) is 4.79 Å². The van der Waals surface area contributed by atoms with Gasteiger partial charge in [-0.05, 0) is 25.7 Å². The number of β-lactam (4-membered cyclic amide) rings is 1. The average molecular weight is 495 g/mol. The first-order chi connectivity index (χ1) is 7.90. The minimum Gasteiger partial charge on any atom is -0.349 e. The number of hydrogen-bond acceptors (Lipinski definition) is 1. The minimum atomic E-state index is -0.149. The van der Waals surface area contributed by atoms with Crippen molar-refractivity contribution in [2.24, 2.45) is 5.41 Å². The molecule has 3 aliphatic rings. The summed E-state index contributed by atoms with van der Waals surface area (Å²) in [6.07, 6.45) is 3.93. The van der Waals surface area contributed by atoms with Crippen LogP contribution in [0, 0.1) is 5.41 Å². The van der Waals surface area contributed by atoms with Crippen LogP contribution in [-0.4, -0.2) is 30.8 Å². The standard InChI is InChI=1S/C11H13Br4NO/c12-5-1-10-2-6(13)8(15)4-11(10,3-7(5)14)16-9(10)17/h5-8H,1-4H2,(H,16,17).